The first kappa shape index (κ1) is 21.6. The van der Waals surface area contributed by atoms with Gasteiger partial charge in [0.25, 0.3) is 0 Å². The van der Waals surface area contributed by atoms with Crippen molar-refractivity contribution in [3.8, 4) is 6.07 Å². The molecule has 1 saturated heterocycles. The Hall–Kier alpha value is -3.15. The summed E-state index contributed by atoms with van der Waals surface area (Å²) in [4.78, 5) is 16.6. The van der Waals surface area contributed by atoms with Gasteiger partial charge in [-0.25, -0.2) is 12.7 Å². The van der Waals surface area contributed by atoms with E-state index >= 15 is 0 Å². The number of benzene rings is 2. The first-order valence-corrected chi connectivity index (χ1v) is 11.0. The van der Waals surface area contributed by atoms with Crippen LogP contribution >= 0.6 is 0 Å². The minimum absolute atomic E-state index is 0.0896. The van der Waals surface area contributed by atoms with Gasteiger partial charge in [-0.05, 0) is 35.9 Å². The van der Waals surface area contributed by atoms with E-state index in [1.54, 1.807) is 29.2 Å². The minimum atomic E-state index is -3.47. The molecule has 1 amide bonds. The lowest BCUT2D eigenvalue weighted by Crippen LogP contribution is -2.48. The number of para-hydroxylation sites is 1. The van der Waals surface area contributed by atoms with Crippen LogP contribution in [0.25, 0.3) is 6.08 Å². The normalized spacial score (nSPS) is 14.9. The van der Waals surface area contributed by atoms with Crippen molar-refractivity contribution >= 4 is 27.7 Å². The van der Waals surface area contributed by atoms with E-state index in [1.807, 2.05) is 18.2 Å². The third-order valence-electron chi connectivity index (χ3n) is 5.03. The summed E-state index contributed by atoms with van der Waals surface area (Å²) in [6, 6.07) is 16.1. The largest absolute Gasteiger partial charge is 0.367 e. The summed E-state index contributed by atoms with van der Waals surface area (Å²) in [5.41, 5.74) is 2.29. The summed E-state index contributed by atoms with van der Waals surface area (Å²) < 4.78 is 25.4. The molecule has 0 spiro atoms. The molecule has 1 aliphatic heterocycles. The summed E-state index contributed by atoms with van der Waals surface area (Å²) in [5, 5.41) is 9.27. The van der Waals surface area contributed by atoms with E-state index in [1.165, 1.54) is 32.3 Å². The van der Waals surface area contributed by atoms with Gasteiger partial charge in [0.15, 0.2) is 0 Å². The molecule has 1 aliphatic rings. The van der Waals surface area contributed by atoms with Crippen LogP contribution in [0.1, 0.15) is 11.1 Å². The zero-order chi connectivity index (χ0) is 21.7. The van der Waals surface area contributed by atoms with Crippen molar-refractivity contribution in [1.29, 1.82) is 5.26 Å². The van der Waals surface area contributed by atoms with Crippen molar-refractivity contribution in [1.82, 2.24) is 9.21 Å². The van der Waals surface area contributed by atoms with Crippen LogP contribution in [0.15, 0.2) is 59.5 Å². The Labute approximate surface area is 177 Å². The van der Waals surface area contributed by atoms with Crippen LogP contribution in [-0.2, 0) is 14.8 Å². The van der Waals surface area contributed by atoms with Gasteiger partial charge in [-0.15, -0.1) is 0 Å². The molecular weight excluding hydrogens is 400 g/mol. The molecule has 30 heavy (non-hydrogen) atoms. The maximum atomic E-state index is 12.5. The maximum absolute atomic E-state index is 12.5. The smallest absolute Gasteiger partial charge is 0.246 e. The lowest BCUT2D eigenvalue weighted by atomic mass is 10.1. The van der Waals surface area contributed by atoms with Crippen LogP contribution in [0, 0.1) is 11.3 Å². The number of carbonyl (C=O) groups excluding carboxylic acids is 1. The van der Waals surface area contributed by atoms with E-state index in [9.17, 15) is 18.5 Å². The van der Waals surface area contributed by atoms with E-state index < -0.39 is 10.0 Å². The fourth-order valence-electron chi connectivity index (χ4n) is 3.25. The highest BCUT2D eigenvalue weighted by atomic mass is 32.2. The van der Waals surface area contributed by atoms with Crippen molar-refractivity contribution in [2.75, 3.05) is 45.2 Å². The molecule has 8 heteroatoms. The maximum Gasteiger partial charge on any atom is 0.246 e. The van der Waals surface area contributed by atoms with Gasteiger partial charge < -0.3 is 9.80 Å². The highest BCUT2D eigenvalue weighted by Gasteiger charge is 2.21. The molecule has 3 rings (SSSR count). The lowest BCUT2D eigenvalue weighted by molar-refractivity contribution is -0.126. The first-order chi connectivity index (χ1) is 14.3. The van der Waals surface area contributed by atoms with Crippen LogP contribution in [0.3, 0.4) is 0 Å². The van der Waals surface area contributed by atoms with Crippen molar-refractivity contribution in [2.45, 2.75) is 4.90 Å². The SMILES string of the molecule is CN(C)S(=O)(=O)c1ccc(/C=C/C(=O)N2CCN(c3ccccc3C#N)CC2)cc1. The van der Waals surface area contributed by atoms with Crippen molar-refractivity contribution in [3.05, 3.63) is 65.7 Å². The molecule has 1 fully saturated rings. The van der Waals surface area contributed by atoms with Gasteiger partial charge in [-0.3, -0.25) is 4.79 Å². The number of rotatable bonds is 5. The topological polar surface area (TPSA) is 84.7 Å². The number of nitriles is 1. The number of hydrogen-bond donors (Lipinski definition) is 0. The van der Waals surface area contributed by atoms with E-state index in [0.717, 1.165) is 15.6 Å². The standard InChI is InChI=1S/C22H24N4O3S/c1-24(2)30(28,29)20-10-7-18(8-11-20)9-12-22(27)26-15-13-25(14-16-26)21-6-4-3-5-19(21)17-23/h3-12H,13-16H2,1-2H3/b12-9+. The number of sulfonamides is 1. The molecule has 0 bridgehead atoms. The van der Waals surface area contributed by atoms with Gasteiger partial charge in [0.1, 0.15) is 6.07 Å². The van der Waals surface area contributed by atoms with Gasteiger partial charge in [-0.2, -0.15) is 5.26 Å². The monoisotopic (exact) mass is 424 g/mol. The number of anilines is 1. The Morgan fingerprint density at radius 1 is 1.03 bits per heavy atom. The quantitative estimate of drug-likeness (QED) is 0.687. The summed E-state index contributed by atoms with van der Waals surface area (Å²) in [6.07, 6.45) is 3.19. The average molecular weight is 425 g/mol. The van der Waals surface area contributed by atoms with Gasteiger partial charge in [0.2, 0.25) is 15.9 Å². The van der Waals surface area contributed by atoms with Crippen LogP contribution in [0.4, 0.5) is 5.69 Å². The zero-order valence-electron chi connectivity index (χ0n) is 17.0. The summed E-state index contributed by atoms with van der Waals surface area (Å²) in [7, 11) is -0.493. The molecular formula is C22H24N4O3S. The second-order valence-electron chi connectivity index (χ2n) is 7.13. The number of amides is 1. The summed E-state index contributed by atoms with van der Waals surface area (Å²) in [5.74, 6) is -0.0896. The van der Waals surface area contributed by atoms with Crippen LogP contribution in [-0.4, -0.2) is 63.8 Å². The van der Waals surface area contributed by atoms with Gasteiger partial charge in [0.05, 0.1) is 16.1 Å². The molecule has 0 saturated carbocycles. The average Bonchev–Trinajstić information content (AvgIpc) is 2.77. The van der Waals surface area contributed by atoms with Crippen LogP contribution < -0.4 is 4.90 Å². The molecule has 2 aromatic rings. The predicted molar refractivity (Wildman–Crippen MR) is 116 cm³/mol. The van der Waals surface area contributed by atoms with Gasteiger partial charge >= 0.3 is 0 Å². The van der Waals surface area contributed by atoms with Crippen molar-refractivity contribution < 1.29 is 13.2 Å². The third-order valence-corrected chi connectivity index (χ3v) is 6.86. The molecule has 7 nitrogen and oxygen atoms in total. The Morgan fingerprint density at radius 2 is 1.67 bits per heavy atom. The van der Waals surface area contributed by atoms with Crippen molar-refractivity contribution in [3.63, 3.8) is 0 Å². The Bertz CT molecular complexity index is 1080. The molecule has 0 unspecified atom stereocenters. The zero-order valence-corrected chi connectivity index (χ0v) is 17.8. The van der Waals surface area contributed by atoms with Gasteiger partial charge in [0, 0.05) is 46.4 Å². The Morgan fingerprint density at radius 3 is 2.27 bits per heavy atom. The Kier molecular flexibility index (Phi) is 6.55. The second kappa shape index (κ2) is 9.11. The second-order valence-corrected chi connectivity index (χ2v) is 9.28. The number of hydrogen-bond acceptors (Lipinski definition) is 5. The third kappa shape index (κ3) is 4.70. The first-order valence-electron chi connectivity index (χ1n) is 9.56. The van der Waals surface area contributed by atoms with E-state index in [0.29, 0.717) is 31.7 Å². The van der Waals surface area contributed by atoms with Crippen molar-refractivity contribution in [2.24, 2.45) is 0 Å². The lowest BCUT2D eigenvalue weighted by Gasteiger charge is -2.36. The van der Waals surface area contributed by atoms with Crippen LogP contribution in [0.5, 0.6) is 0 Å². The fraction of sp³-hybridized carbons (Fsp3) is 0.273. The Balaban J connectivity index is 1.60. The summed E-state index contributed by atoms with van der Waals surface area (Å²) >= 11 is 0. The van der Waals surface area contributed by atoms with Crippen LogP contribution in [0.2, 0.25) is 0 Å². The molecule has 0 N–H and O–H groups in total. The van der Waals surface area contributed by atoms with E-state index in [4.69, 9.17) is 0 Å². The highest BCUT2D eigenvalue weighted by molar-refractivity contribution is 7.89. The molecule has 0 aromatic heterocycles. The predicted octanol–water partition coefficient (Wildman–Crippen LogP) is 2.17. The molecule has 0 aliphatic carbocycles. The molecule has 156 valence electrons. The number of piperazine rings is 1. The van der Waals surface area contributed by atoms with E-state index in [2.05, 4.69) is 11.0 Å². The van der Waals surface area contributed by atoms with Gasteiger partial charge in [-0.1, -0.05) is 24.3 Å². The fourth-order valence-corrected chi connectivity index (χ4v) is 4.15. The molecule has 0 radical (unpaired) electrons. The molecule has 0 atom stereocenters. The number of carbonyl (C=O) groups is 1. The highest BCUT2D eigenvalue weighted by Crippen LogP contribution is 2.21. The molecule has 1 heterocycles. The minimum Gasteiger partial charge on any atom is -0.367 e. The number of nitrogens with zero attached hydrogens (tertiary/aromatic N) is 4. The van der Waals surface area contributed by atoms with E-state index in [-0.39, 0.29) is 10.8 Å². The summed E-state index contributed by atoms with van der Waals surface area (Å²) in [6.45, 7) is 2.47. The molecule has 2 aromatic carbocycles.